The Kier molecular flexibility index (Phi) is 5.38. The minimum absolute atomic E-state index is 0.0960. The number of rotatable bonds is 5. The summed E-state index contributed by atoms with van der Waals surface area (Å²) in [4.78, 5) is 11.8. The zero-order chi connectivity index (χ0) is 15.3. The van der Waals surface area contributed by atoms with Crippen molar-refractivity contribution in [1.29, 1.82) is 0 Å². The van der Waals surface area contributed by atoms with E-state index in [4.69, 9.17) is 15.2 Å². The molecule has 0 aliphatic rings. The van der Waals surface area contributed by atoms with Crippen LogP contribution in [0, 0.1) is 0 Å². The number of carbonyl (C=O) groups is 1. The van der Waals surface area contributed by atoms with Gasteiger partial charge >= 0.3 is 12.1 Å². The largest absolute Gasteiger partial charge is 0.457 e. The molecule has 0 aliphatic carbocycles. The number of carbonyl (C=O) groups excluding carboxylic acids is 1. The summed E-state index contributed by atoms with van der Waals surface area (Å²) in [5.74, 6) is -0.775. The highest BCUT2D eigenvalue weighted by molar-refractivity contribution is 5.95. The van der Waals surface area contributed by atoms with Crippen molar-refractivity contribution in [2.75, 3.05) is 18.9 Å². The second-order valence-electron chi connectivity index (χ2n) is 4.18. The van der Waals surface area contributed by atoms with Gasteiger partial charge in [0.1, 0.15) is 6.10 Å². The van der Waals surface area contributed by atoms with E-state index in [1.807, 2.05) is 0 Å². The molecule has 0 aromatic heterocycles. The summed E-state index contributed by atoms with van der Waals surface area (Å²) in [6.07, 6.45) is -5.01. The average Bonchev–Trinajstić information content (AvgIpc) is 2.34. The molecule has 0 saturated heterocycles. The first-order valence-electron chi connectivity index (χ1n) is 6.01. The number of esters is 1. The lowest BCUT2D eigenvalue weighted by molar-refractivity contribution is -0.137. The molecular weight excluding hydrogens is 275 g/mol. The van der Waals surface area contributed by atoms with Crippen LogP contribution in [-0.2, 0) is 15.7 Å². The van der Waals surface area contributed by atoms with E-state index >= 15 is 0 Å². The number of halogens is 3. The molecule has 0 radical (unpaired) electrons. The number of anilines is 1. The summed E-state index contributed by atoms with van der Waals surface area (Å²) >= 11 is 0. The van der Waals surface area contributed by atoms with Crippen molar-refractivity contribution < 1.29 is 27.4 Å². The van der Waals surface area contributed by atoms with Crippen LogP contribution in [0.4, 0.5) is 18.9 Å². The molecule has 4 nitrogen and oxygen atoms in total. The molecule has 1 aromatic carbocycles. The Balaban J connectivity index is 2.79. The van der Waals surface area contributed by atoms with Gasteiger partial charge in [-0.1, -0.05) is 0 Å². The van der Waals surface area contributed by atoms with E-state index in [1.165, 1.54) is 0 Å². The van der Waals surface area contributed by atoms with Gasteiger partial charge in [0.05, 0.1) is 17.7 Å². The van der Waals surface area contributed by atoms with Gasteiger partial charge in [0.25, 0.3) is 0 Å². The van der Waals surface area contributed by atoms with Gasteiger partial charge in [-0.3, -0.25) is 0 Å². The molecule has 1 aromatic rings. The Morgan fingerprint density at radius 1 is 1.40 bits per heavy atom. The van der Waals surface area contributed by atoms with E-state index in [0.29, 0.717) is 12.7 Å². The first kappa shape index (κ1) is 16.3. The molecule has 0 bridgehead atoms. The first-order valence-corrected chi connectivity index (χ1v) is 6.01. The molecule has 1 rings (SSSR count). The fourth-order valence-corrected chi connectivity index (χ4v) is 1.49. The smallest absolute Gasteiger partial charge is 0.416 e. The fraction of sp³-hybridized carbons (Fsp3) is 0.462. The molecule has 2 N–H and O–H groups in total. The molecule has 7 heteroatoms. The van der Waals surface area contributed by atoms with Gasteiger partial charge in [0.15, 0.2) is 0 Å². The van der Waals surface area contributed by atoms with Crippen molar-refractivity contribution in [3.05, 3.63) is 29.3 Å². The molecule has 0 aliphatic heterocycles. The number of nitrogen functional groups attached to an aromatic ring is 1. The second kappa shape index (κ2) is 6.60. The quantitative estimate of drug-likeness (QED) is 0.669. The topological polar surface area (TPSA) is 61.5 Å². The van der Waals surface area contributed by atoms with Gasteiger partial charge in [0.2, 0.25) is 0 Å². The van der Waals surface area contributed by atoms with E-state index in [9.17, 15) is 18.0 Å². The monoisotopic (exact) mass is 291 g/mol. The van der Waals surface area contributed by atoms with Gasteiger partial charge in [-0.25, -0.2) is 4.79 Å². The highest BCUT2D eigenvalue weighted by Crippen LogP contribution is 2.31. The van der Waals surface area contributed by atoms with Crippen molar-refractivity contribution in [3.63, 3.8) is 0 Å². The van der Waals surface area contributed by atoms with Gasteiger partial charge < -0.3 is 15.2 Å². The number of hydrogen-bond acceptors (Lipinski definition) is 4. The predicted octanol–water partition coefficient (Wildman–Crippen LogP) is 2.87. The summed E-state index contributed by atoms with van der Waals surface area (Å²) in [5, 5.41) is 0. The summed E-state index contributed by atoms with van der Waals surface area (Å²) in [5.41, 5.74) is 4.19. The highest BCUT2D eigenvalue weighted by atomic mass is 19.4. The molecule has 0 saturated carbocycles. The van der Waals surface area contributed by atoms with Crippen LogP contribution in [0.1, 0.15) is 29.8 Å². The Morgan fingerprint density at radius 3 is 2.55 bits per heavy atom. The zero-order valence-corrected chi connectivity index (χ0v) is 11.2. The molecule has 0 spiro atoms. The van der Waals surface area contributed by atoms with Crippen molar-refractivity contribution in [1.82, 2.24) is 0 Å². The van der Waals surface area contributed by atoms with Crippen LogP contribution in [0.5, 0.6) is 0 Å². The van der Waals surface area contributed by atoms with Crippen LogP contribution in [0.15, 0.2) is 18.2 Å². The minimum atomic E-state index is -4.50. The Morgan fingerprint density at radius 2 is 2.05 bits per heavy atom. The second-order valence-corrected chi connectivity index (χ2v) is 4.18. The molecule has 20 heavy (non-hydrogen) atoms. The van der Waals surface area contributed by atoms with E-state index in [0.717, 1.165) is 12.1 Å². The standard InChI is InChI=1S/C13H16F3NO3/c1-3-19-7-8(2)20-12(18)10-5-4-9(6-11(10)17)13(14,15)16/h4-6,8H,3,7,17H2,1-2H3. The number of nitrogens with two attached hydrogens (primary N) is 1. The van der Waals surface area contributed by atoms with Crippen LogP contribution in [-0.4, -0.2) is 25.3 Å². The average molecular weight is 291 g/mol. The third-order valence-corrected chi connectivity index (χ3v) is 2.46. The Bertz CT molecular complexity index is 474. The van der Waals surface area contributed by atoms with Crippen molar-refractivity contribution >= 4 is 11.7 Å². The van der Waals surface area contributed by atoms with E-state index in [2.05, 4.69) is 0 Å². The molecule has 112 valence electrons. The lowest BCUT2D eigenvalue weighted by Crippen LogP contribution is -2.21. The lowest BCUT2D eigenvalue weighted by atomic mass is 10.1. The van der Waals surface area contributed by atoms with Gasteiger partial charge in [0, 0.05) is 12.3 Å². The molecule has 0 fully saturated rings. The Hall–Kier alpha value is -1.76. The first-order chi connectivity index (χ1) is 9.25. The third-order valence-electron chi connectivity index (χ3n) is 2.46. The molecule has 0 heterocycles. The maximum Gasteiger partial charge on any atom is 0.416 e. The van der Waals surface area contributed by atoms with E-state index < -0.39 is 23.8 Å². The maximum atomic E-state index is 12.5. The predicted molar refractivity (Wildman–Crippen MR) is 67.2 cm³/mol. The molecule has 1 unspecified atom stereocenters. The molecule has 1 atom stereocenters. The van der Waals surface area contributed by atoms with E-state index in [-0.39, 0.29) is 17.9 Å². The lowest BCUT2D eigenvalue weighted by Gasteiger charge is -2.14. The summed E-state index contributed by atoms with van der Waals surface area (Å²) in [6, 6.07) is 2.51. The molecule has 0 amide bonds. The van der Waals surface area contributed by atoms with Crippen molar-refractivity contribution in [3.8, 4) is 0 Å². The summed E-state index contributed by atoms with van der Waals surface area (Å²) in [7, 11) is 0. The number of hydrogen-bond donors (Lipinski definition) is 1. The normalized spacial score (nSPS) is 13.1. The third kappa shape index (κ3) is 4.41. The van der Waals surface area contributed by atoms with Crippen LogP contribution in [0.3, 0.4) is 0 Å². The zero-order valence-electron chi connectivity index (χ0n) is 11.2. The fourth-order valence-electron chi connectivity index (χ4n) is 1.49. The maximum absolute atomic E-state index is 12.5. The SMILES string of the molecule is CCOCC(C)OC(=O)c1ccc(C(F)(F)F)cc1N. The van der Waals surface area contributed by atoms with Crippen LogP contribution < -0.4 is 5.73 Å². The van der Waals surface area contributed by atoms with Gasteiger partial charge in [-0.15, -0.1) is 0 Å². The van der Waals surface area contributed by atoms with Crippen LogP contribution in [0.2, 0.25) is 0 Å². The van der Waals surface area contributed by atoms with E-state index in [1.54, 1.807) is 13.8 Å². The summed E-state index contributed by atoms with van der Waals surface area (Å²) < 4.78 is 47.5. The minimum Gasteiger partial charge on any atom is -0.457 e. The summed E-state index contributed by atoms with van der Waals surface area (Å²) in [6.45, 7) is 4.10. The molecular formula is C13H16F3NO3. The number of alkyl halides is 3. The number of ether oxygens (including phenoxy) is 2. The Labute approximate surface area is 114 Å². The van der Waals surface area contributed by atoms with Crippen LogP contribution in [0.25, 0.3) is 0 Å². The van der Waals surface area contributed by atoms with Crippen LogP contribution >= 0.6 is 0 Å². The van der Waals surface area contributed by atoms with Crippen molar-refractivity contribution in [2.24, 2.45) is 0 Å². The van der Waals surface area contributed by atoms with Gasteiger partial charge in [-0.05, 0) is 32.0 Å². The number of benzene rings is 1. The van der Waals surface area contributed by atoms with Crippen molar-refractivity contribution in [2.45, 2.75) is 26.1 Å². The van der Waals surface area contributed by atoms with Gasteiger partial charge in [-0.2, -0.15) is 13.2 Å². The highest BCUT2D eigenvalue weighted by Gasteiger charge is 2.31.